The van der Waals surface area contributed by atoms with E-state index in [2.05, 4.69) is 15.0 Å². The number of hydrogen-bond donors (Lipinski definition) is 1. The summed E-state index contributed by atoms with van der Waals surface area (Å²) in [6.07, 6.45) is 3.15. The van der Waals surface area contributed by atoms with Crippen LogP contribution < -0.4 is 10.5 Å². The van der Waals surface area contributed by atoms with Crippen LogP contribution in [0.4, 0.5) is 8.78 Å². The van der Waals surface area contributed by atoms with Crippen LogP contribution in [-0.4, -0.2) is 39.9 Å². The molecule has 8 nitrogen and oxygen atoms in total. The predicted molar refractivity (Wildman–Crippen MR) is 110 cm³/mol. The van der Waals surface area contributed by atoms with Gasteiger partial charge in [0.25, 0.3) is 12.3 Å². The Labute approximate surface area is 181 Å². The molecule has 1 aliphatic carbocycles. The lowest BCUT2D eigenvalue weighted by Crippen LogP contribution is -2.41. The third-order valence-electron chi connectivity index (χ3n) is 5.54. The molecule has 2 aromatic heterocycles. The number of aliphatic imine (C=N–C) groups is 1. The number of carbonyl (C=O) groups excluding carboxylic acids is 1. The van der Waals surface area contributed by atoms with E-state index in [0.29, 0.717) is 22.6 Å². The number of aromatic nitrogens is 2. The zero-order valence-corrected chi connectivity index (χ0v) is 17.0. The number of carbonyl (C=O) groups is 1. The predicted octanol–water partition coefficient (Wildman–Crippen LogP) is 3.25. The van der Waals surface area contributed by atoms with Gasteiger partial charge < -0.3 is 14.9 Å². The van der Waals surface area contributed by atoms with Gasteiger partial charge in [0.05, 0.1) is 6.10 Å². The Hall–Kier alpha value is -3.82. The second-order valence-corrected chi connectivity index (χ2v) is 7.75. The average Bonchev–Trinajstić information content (AvgIpc) is 3.36. The van der Waals surface area contributed by atoms with E-state index in [1.165, 1.54) is 42.9 Å². The summed E-state index contributed by atoms with van der Waals surface area (Å²) in [5.74, 6) is 0.0136. The molecule has 3 aromatic rings. The van der Waals surface area contributed by atoms with Gasteiger partial charge in [-0.15, -0.1) is 0 Å². The summed E-state index contributed by atoms with van der Waals surface area (Å²) in [6, 6.07) is 7.87. The number of ether oxygens (including phenoxy) is 1. The van der Waals surface area contributed by atoms with Crippen LogP contribution in [-0.2, 0) is 10.3 Å². The molecule has 1 atom stereocenters. The first kappa shape index (κ1) is 20.1. The zero-order chi connectivity index (χ0) is 22.5. The van der Waals surface area contributed by atoms with Crippen molar-refractivity contribution in [2.45, 2.75) is 30.9 Å². The Morgan fingerprint density at radius 3 is 2.66 bits per heavy atom. The maximum Gasteiger partial charge on any atom is 0.280 e. The molecule has 1 aliphatic heterocycles. The third-order valence-corrected chi connectivity index (χ3v) is 5.54. The van der Waals surface area contributed by atoms with E-state index in [0.717, 1.165) is 12.8 Å². The number of guanidine groups is 1. The monoisotopic (exact) mass is 439 g/mol. The van der Waals surface area contributed by atoms with Gasteiger partial charge in [-0.1, -0.05) is 0 Å². The molecule has 2 N–H and O–H groups in total. The number of amides is 1. The topological polar surface area (TPSA) is 107 Å². The van der Waals surface area contributed by atoms with Crippen LogP contribution in [0, 0.1) is 0 Å². The fraction of sp³-hybridized carbons (Fsp3) is 0.273. The molecule has 0 saturated heterocycles. The van der Waals surface area contributed by atoms with Crippen molar-refractivity contribution in [2.75, 3.05) is 7.05 Å². The highest BCUT2D eigenvalue weighted by Crippen LogP contribution is 2.43. The van der Waals surface area contributed by atoms with Crippen LogP contribution in [0.3, 0.4) is 0 Å². The highest BCUT2D eigenvalue weighted by Gasteiger charge is 2.50. The van der Waals surface area contributed by atoms with Crippen molar-refractivity contribution < 1.29 is 22.7 Å². The van der Waals surface area contributed by atoms with Gasteiger partial charge in [-0.3, -0.25) is 14.7 Å². The van der Waals surface area contributed by atoms with E-state index in [1.807, 2.05) is 0 Å². The van der Waals surface area contributed by atoms with E-state index in [1.54, 1.807) is 18.2 Å². The molecule has 0 bridgehead atoms. The van der Waals surface area contributed by atoms with Crippen LogP contribution in [0.2, 0.25) is 0 Å². The van der Waals surface area contributed by atoms with Crippen molar-refractivity contribution in [1.29, 1.82) is 0 Å². The van der Waals surface area contributed by atoms with E-state index in [-0.39, 0.29) is 17.6 Å². The summed E-state index contributed by atoms with van der Waals surface area (Å²) in [5.41, 5.74) is 5.68. The smallest absolute Gasteiger partial charge is 0.280 e. The van der Waals surface area contributed by atoms with Crippen molar-refractivity contribution in [3.8, 4) is 17.0 Å². The Kier molecular flexibility index (Phi) is 4.65. The Morgan fingerprint density at radius 2 is 2.03 bits per heavy atom. The lowest BCUT2D eigenvalue weighted by molar-refractivity contribution is -0.129. The SMILES string of the molecule is CN1C(=O)C(c2cc(OC3CC3)cc(-c3cocn3)c2)(c2ccnc(C(F)F)c2)N=C1N. The van der Waals surface area contributed by atoms with Crippen LogP contribution in [0.5, 0.6) is 5.75 Å². The minimum atomic E-state index is -2.81. The lowest BCUT2D eigenvalue weighted by atomic mass is 9.82. The average molecular weight is 439 g/mol. The van der Waals surface area contributed by atoms with Gasteiger partial charge in [-0.2, -0.15) is 0 Å². The number of hydrogen-bond acceptors (Lipinski definition) is 7. The van der Waals surface area contributed by atoms with E-state index in [4.69, 9.17) is 14.9 Å². The van der Waals surface area contributed by atoms with Crippen molar-refractivity contribution >= 4 is 11.9 Å². The summed E-state index contributed by atoms with van der Waals surface area (Å²) in [6.45, 7) is 0. The van der Waals surface area contributed by atoms with Gasteiger partial charge in [-0.05, 0) is 54.3 Å². The normalized spacial score (nSPS) is 20.7. The first-order valence-electron chi connectivity index (χ1n) is 9.97. The molecule has 1 unspecified atom stereocenters. The second-order valence-electron chi connectivity index (χ2n) is 7.75. The summed E-state index contributed by atoms with van der Waals surface area (Å²) < 4.78 is 37.9. The Bertz CT molecular complexity index is 1210. The number of likely N-dealkylation sites (N-methyl/N-ethyl adjacent to an activating group) is 1. The number of nitrogens with two attached hydrogens (primary N) is 1. The van der Waals surface area contributed by atoms with Crippen LogP contribution in [0.15, 0.2) is 58.6 Å². The number of nitrogens with zero attached hydrogens (tertiary/aromatic N) is 4. The Morgan fingerprint density at radius 1 is 1.22 bits per heavy atom. The van der Waals surface area contributed by atoms with Gasteiger partial charge in [0.2, 0.25) is 0 Å². The minimum Gasteiger partial charge on any atom is -0.490 e. The molecule has 1 saturated carbocycles. The highest BCUT2D eigenvalue weighted by atomic mass is 19.3. The second kappa shape index (κ2) is 7.40. The van der Waals surface area contributed by atoms with E-state index < -0.39 is 23.6 Å². The standard InChI is InChI=1S/C22H19F2N5O3/c1-29-20(30)22(28-21(29)25,13-4-5-26-17(9-13)19(23)24)14-6-12(18-10-31-11-27-18)7-16(8-14)32-15-2-3-15/h4-11,15,19H,2-3H2,1H3,(H2,25,28). The first-order chi connectivity index (χ1) is 15.4. The van der Waals surface area contributed by atoms with Crippen LogP contribution in [0.1, 0.15) is 36.1 Å². The summed E-state index contributed by atoms with van der Waals surface area (Å²) in [7, 11) is 1.49. The number of pyridine rings is 1. The van der Waals surface area contributed by atoms with Crippen molar-refractivity contribution in [1.82, 2.24) is 14.9 Å². The lowest BCUT2D eigenvalue weighted by Gasteiger charge is -2.27. The third kappa shape index (κ3) is 3.28. The molecule has 1 fully saturated rings. The molecule has 1 aromatic carbocycles. The molecule has 0 spiro atoms. The zero-order valence-electron chi connectivity index (χ0n) is 17.0. The maximum atomic E-state index is 13.5. The van der Waals surface area contributed by atoms with Crippen molar-refractivity contribution in [2.24, 2.45) is 10.7 Å². The molecule has 164 valence electrons. The minimum absolute atomic E-state index is 0.0260. The van der Waals surface area contributed by atoms with Gasteiger partial charge >= 0.3 is 0 Å². The van der Waals surface area contributed by atoms with Gasteiger partial charge in [0.1, 0.15) is 23.4 Å². The van der Waals surface area contributed by atoms with Crippen LogP contribution in [0.25, 0.3) is 11.3 Å². The summed E-state index contributed by atoms with van der Waals surface area (Å²) >= 11 is 0. The first-order valence-corrected chi connectivity index (χ1v) is 9.97. The molecule has 32 heavy (non-hydrogen) atoms. The van der Waals surface area contributed by atoms with E-state index >= 15 is 0 Å². The molecular formula is C22H19F2N5O3. The number of oxazole rings is 1. The maximum absolute atomic E-state index is 13.5. The molecule has 5 rings (SSSR count). The fourth-order valence-corrected chi connectivity index (χ4v) is 3.73. The number of benzene rings is 1. The largest absolute Gasteiger partial charge is 0.490 e. The molecule has 1 amide bonds. The van der Waals surface area contributed by atoms with Gasteiger partial charge in [-0.25, -0.2) is 18.8 Å². The fourth-order valence-electron chi connectivity index (χ4n) is 3.73. The summed E-state index contributed by atoms with van der Waals surface area (Å²) in [5, 5.41) is 0. The number of halogens is 2. The highest BCUT2D eigenvalue weighted by molar-refractivity contribution is 6.09. The molecule has 10 heteroatoms. The van der Waals surface area contributed by atoms with Gasteiger partial charge in [0, 0.05) is 18.8 Å². The van der Waals surface area contributed by atoms with Crippen LogP contribution >= 0.6 is 0 Å². The summed E-state index contributed by atoms with van der Waals surface area (Å²) in [4.78, 5) is 27.1. The molecule has 2 aliphatic rings. The number of rotatable bonds is 6. The molecular weight excluding hydrogens is 420 g/mol. The van der Waals surface area contributed by atoms with Crippen molar-refractivity contribution in [3.63, 3.8) is 0 Å². The quantitative estimate of drug-likeness (QED) is 0.632. The van der Waals surface area contributed by atoms with E-state index in [9.17, 15) is 13.6 Å². The molecule has 0 radical (unpaired) electrons. The molecule has 3 heterocycles. The van der Waals surface area contributed by atoms with Crippen molar-refractivity contribution in [3.05, 3.63) is 66.0 Å². The Balaban J connectivity index is 1.75. The van der Waals surface area contributed by atoms with Gasteiger partial charge in [0.15, 0.2) is 17.9 Å². The number of alkyl halides is 2.